The molecule has 0 aliphatic carbocycles. The van der Waals surface area contributed by atoms with E-state index in [4.69, 9.17) is 4.42 Å². The molecule has 1 aliphatic rings. The molecule has 1 aromatic carbocycles. The molecule has 1 fully saturated rings. The van der Waals surface area contributed by atoms with Crippen molar-refractivity contribution >= 4 is 11.0 Å². The number of piperazine rings is 1. The topological polar surface area (TPSA) is 19.6 Å². The standard InChI is InChI=1S/C14H17FN2O/c1-16-4-6-17(7-5-16)9-11-10-18-14-3-2-12(15)8-13(11)14/h2-3,8,10H,4-7,9H2,1H3. The Morgan fingerprint density at radius 1 is 1.22 bits per heavy atom. The lowest BCUT2D eigenvalue weighted by Gasteiger charge is -2.32. The van der Waals surface area contributed by atoms with Gasteiger partial charge in [0.15, 0.2) is 0 Å². The molecular formula is C14H17FN2O. The van der Waals surface area contributed by atoms with Crippen LogP contribution in [0.4, 0.5) is 4.39 Å². The number of fused-ring (bicyclic) bond motifs is 1. The van der Waals surface area contributed by atoms with E-state index in [2.05, 4.69) is 16.8 Å². The van der Waals surface area contributed by atoms with Crippen molar-refractivity contribution in [3.63, 3.8) is 0 Å². The normalized spacial score (nSPS) is 18.6. The number of halogens is 1. The Kier molecular flexibility index (Phi) is 3.06. The van der Waals surface area contributed by atoms with Gasteiger partial charge in [-0.2, -0.15) is 0 Å². The molecule has 2 aromatic rings. The molecule has 0 spiro atoms. The second kappa shape index (κ2) is 4.71. The van der Waals surface area contributed by atoms with Gasteiger partial charge in [0.05, 0.1) is 6.26 Å². The first-order chi connectivity index (χ1) is 8.72. The van der Waals surface area contributed by atoms with Gasteiger partial charge in [0.25, 0.3) is 0 Å². The Balaban J connectivity index is 1.80. The minimum Gasteiger partial charge on any atom is -0.464 e. The molecule has 0 bridgehead atoms. The molecule has 0 atom stereocenters. The molecule has 1 saturated heterocycles. The molecule has 1 aliphatic heterocycles. The van der Waals surface area contributed by atoms with E-state index in [1.165, 1.54) is 6.07 Å². The maximum atomic E-state index is 13.3. The fourth-order valence-electron chi connectivity index (χ4n) is 2.42. The minimum absolute atomic E-state index is 0.205. The van der Waals surface area contributed by atoms with Crippen LogP contribution in [0.25, 0.3) is 11.0 Å². The van der Waals surface area contributed by atoms with Crippen LogP contribution >= 0.6 is 0 Å². The summed E-state index contributed by atoms with van der Waals surface area (Å²) in [6.45, 7) is 5.12. The first-order valence-electron chi connectivity index (χ1n) is 6.29. The minimum atomic E-state index is -0.205. The molecule has 0 amide bonds. The van der Waals surface area contributed by atoms with E-state index in [1.807, 2.05) is 0 Å². The van der Waals surface area contributed by atoms with Gasteiger partial charge in [0.2, 0.25) is 0 Å². The highest BCUT2D eigenvalue weighted by Crippen LogP contribution is 2.23. The number of benzene rings is 1. The zero-order chi connectivity index (χ0) is 12.5. The maximum Gasteiger partial charge on any atom is 0.134 e. The second-order valence-corrected chi connectivity index (χ2v) is 4.98. The predicted octanol–water partition coefficient (Wildman–Crippen LogP) is 2.32. The van der Waals surface area contributed by atoms with Gasteiger partial charge in [0, 0.05) is 43.7 Å². The third kappa shape index (κ3) is 2.26. The molecular weight excluding hydrogens is 231 g/mol. The molecule has 1 aromatic heterocycles. The molecule has 0 radical (unpaired) electrons. The van der Waals surface area contributed by atoms with E-state index in [1.54, 1.807) is 18.4 Å². The third-order valence-corrected chi connectivity index (χ3v) is 3.61. The van der Waals surface area contributed by atoms with Gasteiger partial charge < -0.3 is 9.32 Å². The third-order valence-electron chi connectivity index (χ3n) is 3.61. The molecule has 0 N–H and O–H groups in total. The van der Waals surface area contributed by atoms with Crippen molar-refractivity contribution in [3.05, 3.63) is 35.8 Å². The average molecular weight is 248 g/mol. The Morgan fingerprint density at radius 3 is 2.78 bits per heavy atom. The van der Waals surface area contributed by atoms with Gasteiger partial charge >= 0.3 is 0 Å². The van der Waals surface area contributed by atoms with Gasteiger partial charge in [-0.15, -0.1) is 0 Å². The SMILES string of the molecule is CN1CCN(Cc2coc3ccc(F)cc23)CC1. The van der Waals surface area contributed by atoms with E-state index in [0.29, 0.717) is 0 Å². The van der Waals surface area contributed by atoms with Crippen LogP contribution in [0.15, 0.2) is 28.9 Å². The monoisotopic (exact) mass is 248 g/mol. The van der Waals surface area contributed by atoms with Crippen LogP contribution in [0, 0.1) is 5.82 Å². The van der Waals surface area contributed by atoms with Gasteiger partial charge in [-0.3, -0.25) is 4.90 Å². The van der Waals surface area contributed by atoms with Crippen LogP contribution in [0.3, 0.4) is 0 Å². The van der Waals surface area contributed by atoms with E-state index >= 15 is 0 Å². The lowest BCUT2D eigenvalue weighted by molar-refractivity contribution is 0.148. The van der Waals surface area contributed by atoms with Gasteiger partial charge in [0.1, 0.15) is 11.4 Å². The summed E-state index contributed by atoms with van der Waals surface area (Å²) in [7, 11) is 2.14. The van der Waals surface area contributed by atoms with Crippen molar-refractivity contribution in [1.29, 1.82) is 0 Å². The number of nitrogens with zero attached hydrogens (tertiary/aromatic N) is 2. The number of hydrogen-bond acceptors (Lipinski definition) is 3. The largest absolute Gasteiger partial charge is 0.464 e. The molecule has 3 nitrogen and oxygen atoms in total. The highest BCUT2D eigenvalue weighted by atomic mass is 19.1. The Hall–Kier alpha value is -1.39. The van der Waals surface area contributed by atoms with Crippen LogP contribution < -0.4 is 0 Å². The van der Waals surface area contributed by atoms with Crippen molar-refractivity contribution in [2.24, 2.45) is 0 Å². The van der Waals surface area contributed by atoms with Gasteiger partial charge in [-0.25, -0.2) is 4.39 Å². The van der Waals surface area contributed by atoms with Crippen LogP contribution in [-0.2, 0) is 6.54 Å². The molecule has 2 heterocycles. The number of likely N-dealkylation sites (N-methyl/N-ethyl adjacent to an activating group) is 1. The summed E-state index contributed by atoms with van der Waals surface area (Å²) in [5.74, 6) is -0.205. The van der Waals surface area contributed by atoms with Crippen molar-refractivity contribution in [1.82, 2.24) is 9.80 Å². The van der Waals surface area contributed by atoms with E-state index in [9.17, 15) is 4.39 Å². The van der Waals surface area contributed by atoms with Gasteiger partial charge in [-0.05, 0) is 25.2 Å². The van der Waals surface area contributed by atoms with E-state index < -0.39 is 0 Å². The summed E-state index contributed by atoms with van der Waals surface area (Å²) in [6.07, 6.45) is 1.75. The van der Waals surface area contributed by atoms with Crippen LogP contribution in [-0.4, -0.2) is 43.0 Å². The number of hydrogen-bond donors (Lipinski definition) is 0. The smallest absolute Gasteiger partial charge is 0.134 e. The lowest BCUT2D eigenvalue weighted by atomic mass is 10.1. The van der Waals surface area contributed by atoms with E-state index in [-0.39, 0.29) is 5.82 Å². The van der Waals surface area contributed by atoms with Crippen LogP contribution in [0.2, 0.25) is 0 Å². The summed E-state index contributed by atoms with van der Waals surface area (Å²) < 4.78 is 18.7. The Morgan fingerprint density at radius 2 is 2.00 bits per heavy atom. The fourth-order valence-corrected chi connectivity index (χ4v) is 2.42. The summed E-state index contributed by atoms with van der Waals surface area (Å²) in [6, 6.07) is 4.69. The predicted molar refractivity (Wildman–Crippen MR) is 68.9 cm³/mol. The van der Waals surface area contributed by atoms with Crippen LogP contribution in [0.1, 0.15) is 5.56 Å². The maximum absolute atomic E-state index is 13.3. The summed E-state index contributed by atoms with van der Waals surface area (Å²) in [5, 5.41) is 0.897. The quantitative estimate of drug-likeness (QED) is 0.813. The molecule has 3 rings (SSSR count). The first-order valence-corrected chi connectivity index (χ1v) is 6.29. The molecule has 0 saturated carbocycles. The van der Waals surface area contributed by atoms with Crippen molar-refractivity contribution in [2.75, 3.05) is 33.2 Å². The lowest BCUT2D eigenvalue weighted by Crippen LogP contribution is -2.43. The highest BCUT2D eigenvalue weighted by molar-refractivity contribution is 5.80. The number of rotatable bonds is 2. The summed E-state index contributed by atoms with van der Waals surface area (Å²) in [5.41, 5.74) is 1.84. The molecule has 96 valence electrons. The fraction of sp³-hybridized carbons (Fsp3) is 0.429. The first kappa shape index (κ1) is 11.7. The zero-order valence-corrected chi connectivity index (χ0v) is 10.5. The molecule has 18 heavy (non-hydrogen) atoms. The second-order valence-electron chi connectivity index (χ2n) is 4.98. The van der Waals surface area contributed by atoms with Crippen LogP contribution in [0.5, 0.6) is 0 Å². The zero-order valence-electron chi connectivity index (χ0n) is 10.5. The van der Waals surface area contributed by atoms with Crippen molar-refractivity contribution in [3.8, 4) is 0 Å². The molecule has 0 unspecified atom stereocenters. The summed E-state index contributed by atoms with van der Waals surface area (Å²) >= 11 is 0. The van der Waals surface area contributed by atoms with Gasteiger partial charge in [-0.1, -0.05) is 0 Å². The van der Waals surface area contributed by atoms with Crippen molar-refractivity contribution in [2.45, 2.75) is 6.54 Å². The Labute approximate surface area is 106 Å². The highest BCUT2D eigenvalue weighted by Gasteiger charge is 2.16. The Bertz CT molecular complexity index is 544. The summed E-state index contributed by atoms with van der Waals surface area (Å²) in [4.78, 5) is 4.71. The van der Waals surface area contributed by atoms with Crippen molar-refractivity contribution < 1.29 is 8.81 Å². The van der Waals surface area contributed by atoms with E-state index in [0.717, 1.165) is 49.3 Å². The molecule has 4 heteroatoms. The average Bonchev–Trinajstić information content (AvgIpc) is 2.75. The number of furan rings is 1.